The molecule has 16 heavy (non-hydrogen) atoms. The smallest absolute Gasteiger partial charge is 0.0702 e. The summed E-state index contributed by atoms with van der Waals surface area (Å²) in [6.45, 7) is 3.98. The molecule has 0 atom stereocenters. The van der Waals surface area contributed by atoms with Gasteiger partial charge in [-0.05, 0) is 26.0 Å². The quantitative estimate of drug-likeness (QED) is 0.848. The van der Waals surface area contributed by atoms with E-state index >= 15 is 0 Å². The van der Waals surface area contributed by atoms with E-state index in [1.807, 2.05) is 38.1 Å². The van der Waals surface area contributed by atoms with Crippen LogP contribution in [0.1, 0.15) is 19.4 Å². The Labute approximate surface area is 105 Å². The lowest BCUT2D eigenvalue weighted by atomic mass is 9.99. The average Bonchev–Trinajstić information content (AvgIpc) is 2.26. The second-order valence-electron chi connectivity index (χ2n) is 3.72. The molecule has 0 radical (unpaired) electrons. The highest BCUT2D eigenvalue weighted by Crippen LogP contribution is 2.16. The SMILES string of the molecule is C/N=C(\C(CO)=C(C)C)c1ccc(Br)cc1. The first-order valence-electron chi connectivity index (χ1n) is 5.10. The molecule has 0 heterocycles. The Morgan fingerprint density at radius 3 is 2.19 bits per heavy atom. The van der Waals surface area contributed by atoms with Crippen molar-refractivity contribution in [2.75, 3.05) is 13.7 Å². The van der Waals surface area contributed by atoms with Gasteiger partial charge in [-0.3, -0.25) is 4.99 Å². The maximum atomic E-state index is 9.37. The van der Waals surface area contributed by atoms with Crippen LogP contribution in [-0.4, -0.2) is 24.5 Å². The number of rotatable bonds is 3. The van der Waals surface area contributed by atoms with Gasteiger partial charge in [0.15, 0.2) is 0 Å². The third-order valence-corrected chi connectivity index (χ3v) is 2.92. The largest absolute Gasteiger partial charge is 0.392 e. The normalized spacial score (nSPS) is 11.4. The van der Waals surface area contributed by atoms with Crippen LogP contribution in [0, 0.1) is 0 Å². The summed E-state index contributed by atoms with van der Waals surface area (Å²) in [5, 5.41) is 9.37. The molecular formula is C13H16BrNO. The molecule has 0 saturated carbocycles. The Bertz CT molecular complexity index is 414. The molecule has 0 amide bonds. The van der Waals surface area contributed by atoms with Gasteiger partial charge in [0, 0.05) is 22.7 Å². The van der Waals surface area contributed by atoms with Crippen LogP contribution in [0.4, 0.5) is 0 Å². The monoisotopic (exact) mass is 281 g/mol. The van der Waals surface area contributed by atoms with Crippen molar-refractivity contribution in [2.45, 2.75) is 13.8 Å². The molecule has 0 aliphatic heterocycles. The van der Waals surface area contributed by atoms with Gasteiger partial charge in [-0.15, -0.1) is 0 Å². The van der Waals surface area contributed by atoms with E-state index in [-0.39, 0.29) is 6.61 Å². The first-order chi connectivity index (χ1) is 7.60. The number of halogens is 1. The number of aliphatic hydroxyl groups is 1. The summed E-state index contributed by atoms with van der Waals surface area (Å²) in [7, 11) is 1.75. The summed E-state index contributed by atoms with van der Waals surface area (Å²) in [4.78, 5) is 4.26. The van der Waals surface area contributed by atoms with Crippen molar-refractivity contribution in [1.29, 1.82) is 0 Å². The Morgan fingerprint density at radius 2 is 1.81 bits per heavy atom. The molecule has 0 unspecified atom stereocenters. The van der Waals surface area contributed by atoms with Gasteiger partial charge >= 0.3 is 0 Å². The highest BCUT2D eigenvalue weighted by atomic mass is 79.9. The van der Waals surface area contributed by atoms with Crippen molar-refractivity contribution < 1.29 is 5.11 Å². The highest BCUT2D eigenvalue weighted by molar-refractivity contribution is 9.10. The molecule has 0 aliphatic carbocycles. The lowest BCUT2D eigenvalue weighted by Crippen LogP contribution is -2.10. The predicted molar refractivity (Wildman–Crippen MR) is 72.1 cm³/mol. The maximum absolute atomic E-state index is 9.37. The Kier molecular flexibility index (Phi) is 4.90. The lowest BCUT2D eigenvalue weighted by molar-refractivity contribution is 0.336. The van der Waals surface area contributed by atoms with E-state index in [0.717, 1.165) is 26.9 Å². The fraction of sp³-hybridized carbons (Fsp3) is 0.308. The molecule has 1 N–H and O–H groups in total. The molecule has 0 saturated heterocycles. The van der Waals surface area contributed by atoms with Gasteiger partial charge in [-0.1, -0.05) is 33.6 Å². The molecule has 0 spiro atoms. The van der Waals surface area contributed by atoms with Crippen LogP contribution in [0.3, 0.4) is 0 Å². The summed E-state index contributed by atoms with van der Waals surface area (Å²) >= 11 is 3.40. The Morgan fingerprint density at radius 1 is 1.25 bits per heavy atom. The van der Waals surface area contributed by atoms with Crippen LogP contribution in [0.15, 0.2) is 44.9 Å². The van der Waals surface area contributed by atoms with E-state index in [1.165, 1.54) is 0 Å². The third kappa shape index (κ3) is 3.03. The van der Waals surface area contributed by atoms with Crippen LogP contribution < -0.4 is 0 Å². The van der Waals surface area contributed by atoms with E-state index in [1.54, 1.807) is 7.05 Å². The summed E-state index contributed by atoms with van der Waals surface area (Å²) < 4.78 is 1.04. The van der Waals surface area contributed by atoms with Gasteiger partial charge in [-0.25, -0.2) is 0 Å². The van der Waals surface area contributed by atoms with Crippen LogP contribution in [0.5, 0.6) is 0 Å². The van der Waals surface area contributed by atoms with E-state index in [2.05, 4.69) is 20.9 Å². The van der Waals surface area contributed by atoms with Crippen molar-refractivity contribution in [3.05, 3.63) is 45.4 Å². The summed E-state index contributed by atoms with van der Waals surface area (Å²) in [6, 6.07) is 7.93. The summed E-state index contributed by atoms with van der Waals surface area (Å²) in [5.41, 5.74) is 3.86. The standard InChI is InChI=1S/C13H16BrNO/c1-9(2)12(8-16)13(15-3)10-4-6-11(14)7-5-10/h4-7,16H,8H2,1-3H3/b15-13-. The Balaban J connectivity index is 3.19. The topological polar surface area (TPSA) is 32.6 Å². The minimum atomic E-state index is 0.0189. The van der Waals surface area contributed by atoms with Crippen molar-refractivity contribution >= 4 is 21.6 Å². The fourth-order valence-electron chi connectivity index (χ4n) is 1.52. The molecule has 1 aromatic carbocycles. The summed E-state index contributed by atoms with van der Waals surface area (Å²) in [5.74, 6) is 0. The molecule has 0 fully saturated rings. The molecule has 86 valence electrons. The van der Waals surface area contributed by atoms with Crippen molar-refractivity contribution in [1.82, 2.24) is 0 Å². The zero-order valence-electron chi connectivity index (χ0n) is 9.79. The number of nitrogens with zero attached hydrogens (tertiary/aromatic N) is 1. The van der Waals surface area contributed by atoms with Gasteiger partial charge in [0.2, 0.25) is 0 Å². The van der Waals surface area contributed by atoms with Gasteiger partial charge < -0.3 is 5.11 Å². The number of hydrogen-bond donors (Lipinski definition) is 1. The Hall–Kier alpha value is -0.930. The number of aliphatic hydroxyl groups excluding tert-OH is 1. The van der Waals surface area contributed by atoms with Crippen LogP contribution in [-0.2, 0) is 0 Å². The molecule has 1 rings (SSSR count). The van der Waals surface area contributed by atoms with Gasteiger partial charge in [0.05, 0.1) is 12.3 Å². The van der Waals surface area contributed by atoms with E-state index in [9.17, 15) is 5.11 Å². The molecule has 0 bridgehead atoms. The number of aliphatic imine (C=N–C) groups is 1. The minimum Gasteiger partial charge on any atom is -0.392 e. The molecular weight excluding hydrogens is 266 g/mol. The average molecular weight is 282 g/mol. The van der Waals surface area contributed by atoms with Crippen molar-refractivity contribution in [2.24, 2.45) is 4.99 Å². The third-order valence-electron chi connectivity index (χ3n) is 2.39. The van der Waals surface area contributed by atoms with Crippen LogP contribution >= 0.6 is 15.9 Å². The van der Waals surface area contributed by atoms with E-state index in [0.29, 0.717) is 0 Å². The molecule has 0 aromatic heterocycles. The molecule has 0 aliphatic rings. The van der Waals surface area contributed by atoms with Gasteiger partial charge in [0.25, 0.3) is 0 Å². The predicted octanol–water partition coefficient (Wildman–Crippen LogP) is 3.20. The van der Waals surface area contributed by atoms with Gasteiger partial charge in [0.1, 0.15) is 0 Å². The first-order valence-corrected chi connectivity index (χ1v) is 5.89. The number of hydrogen-bond acceptors (Lipinski definition) is 2. The zero-order valence-corrected chi connectivity index (χ0v) is 11.4. The molecule has 2 nitrogen and oxygen atoms in total. The van der Waals surface area contributed by atoms with Crippen molar-refractivity contribution in [3.8, 4) is 0 Å². The molecule has 1 aromatic rings. The number of benzene rings is 1. The maximum Gasteiger partial charge on any atom is 0.0702 e. The number of allylic oxidation sites excluding steroid dienone is 1. The highest BCUT2D eigenvalue weighted by Gasteiger charge is 2.09. The van der Waals surface area contributed by atoms with E-state index < -0.39 is 0 Å². The fourth-order valence-corrected chi connectivity index (χ4v) is 1.78. The van der Waals surface area contributed by atoms with Crippen LogP contribution in [0.25, 0.3) is 0 Å². The summed E-state index contributed by atoms with van der Waals surface area (Å²) in [6.07, 6.45) is 0. The lowest BCUT2D eigenvalue weighted by Gasteiger charge is -2.10. The molecule has 3 heteroatoms. The second kappa shape index (κ2) is 5.97. The van der Waals surface area contributed by atoms with E-state index in [4.69, 9.17) is 0 Å². The second-order valence-corrected chi connectivity index (χ2v) is 4.63. The first kappa shape index (κ1) is 13.1. The van der Waals surface area contributed by atoms with Gasteiger partial charge in [-0.2, -0.15) is 0 Å². The minimum absolute atomic E-state index is 0.0189. The van der Waals surface area contributed by atoms with Crippen LogP contribution in [0.2, 0.25) is 0 Å². The van der Waals surface area contributed by atoms with Crippen molar-refractivity contribution in [3.63, 3.8) is 0 Å². The zero-order chi connectivity index (χ0) is 12.1.